The highest BCUT2D eigenvalue weighted by Crippen LogP contribution is 2.32. The topological polar surface area (TPSA) is 73.6 Å². The number of benzene rings is 3. The van der Waals surface area contributed by atoms with Gasteiger partial charge in [0.15, 0.2) is 0 Å². The van der Waals surface area contributed by atoms with E-state index in [2.05, 4.69) is 33.1 Å². The molecule has 0 amide bonds. The minimum absolute atomic E-state index is 0.176. The summed E-state index contributed by atoms with van der Waals surface area (Å²) in [6, 6.07) is 24.1. The number of methoxy groups -OCH3 is 1. The highest BCUT2D eigenvalue weighted by molar-refractivity contribution is 6.30. The van der Waals surface area contributed by atoms with Crippen molar-refractivity contribution < 1.29 is 9.47 Å². The molecule has 1 saturated heterocycles. The van der Waals surface area contributed by atoms with Crippen molar-refractivity contribution >= 4 is 34.0 Å². The smallest absolute Gasteiger partial charge is 0.237 e. The van der Waals surface area contributed by atoms with Gasteiger partial charge >= 0.3 is 0 Å². The molecule has 37 heavy (non-hydrogen) atoms. The Balaban J connectivity index is 1.63. The van der Waals surface area contributed by atoms with E-state index in [-0.39, 0.29) is 6.04 Å². The number of rotatable bonds is 5. The van der Waals surface area contributed by atoms with Crippen LogP contribution in [0.2, 0.25) is 5.02 Å². The SMILES string of the molecule is COc1ncccc1Nc1cc2nc3ccccc3n(-c3cccc(Cl)c3)c-2c/c1=N\C1CCOCC1. The molecule has 0 atom stereocenters. The molecule has 2 aliphatic heterocycles. The number of hydrogen-bond acceptors (Lipinski definition) is 6. The van der Waals surface area contributed by atoms with Crippen molar-refractivity contribution in [3.63, 3.8) is 0 Å². The molecule has 3 aliphatic rings. The third kappa shape index (κ3) is 4.75. The normalized spacial score (nSPS) is 14.8. The maximum absolute atomic E-state index is 6.41. The summed E-state index contributed by atoms with van der Waals surface area (Å²) in [4.78, 5) is 14.5. The third-order valence-corrected chi connectivity index (χ3v) is 6.75. The predicted octanol–water partition coefficient (Wildman–Crippen LogP) is 6.01. The zero-order chi connectivity index (χ0) is 25.2. The van der Waals surface area contributed by atoms with E-state index in [4.69, 9.17) is 31.1 Å². The molecular weight excluding hydrogens is 486 g/mol. The zero-order valence-electron chi connectivity index (χ0n) is 20.4. The number of anilines is 2. The Morgan fingerprint density at radius 2 is 1.86 bits per heavy atom. The minimum Gasteiger partial charge on any atom is -0.480 e. The molecule has 0 radical (unpaired) electrons. The second kappa shape index (κ2) is 10.2. The Morgan fingerprint density at radius 1 is 1.00 bits per heavy atom. The molecule has 0 bridgehead atoms. The summed E-state index contributed by atoms with van der Waals surface area (Å²) in [6.45, 7) is 1.44. The van der Waals surface area contributed by atoms with Crippen LogP contribution in [0, 0.1) is 0 Å². The van der Waals surface area contributed by atoms with Crippen LogP contribution >= 0.6 is 11.6 Å². The van der Waals surface area contributed by atoms with Crippen LogP contribution in [-0.2, 0) is 4.74 Å². The molecule has 1 fully saturated rings. The highest BCUT2D eigenvalue weighted by Gasteiger charge is 2.19. The third-order valence-electron chi connectivity index (χ3n) is 6.51. The van der Waals surface area contributed by atoms with Gasteiger partial charge in [-0.15, -0.1) is 0 Å². The molecule has 3 aromatic rings. The Bertz CT molecular complexity index is 1610. The van der Waals surface area contributed by atoms with E-state index in [0.29, 0.717) is 10.9 Å². The standard InChI is InChI=1S/C29H26ClN5O2/c1-36-29-23(9-5-13-31-29)34-24-17-26-28(18-25(24)32-20-11-14-37-15-12-20)35(21-7-4-6-19(30)16-21)27-10-3-2-8-22(27)33-26/h2-10,13,16-18,20,34H,11-12,14-15H2,1H3/b32-25+. The second-order valence-corrected chi connectivity index (χ2v) is 9.37. The number of pyridine rings is 1. The van der Waals surface area contributed by atoms with Crippen LogP contribution in [0.4, 0.5) is 11.4 Å². The largest absolute Gasteiger partial charge is 0.480 e. The van der Waals surface area contributed by atoms with Gasteiger partial charge in [-0.1, -0.05) is 29.8 Å². The van der Waals surface area contributed by atoms with Crippen LogP contribution in [0.1, 0.15) is 12.8 Å². The molecule has 7 nitrogen and oxygen atoms in total. The Morgan fingerprint density at radius 3 is 2.70 bits per heavy atom. The summed E-state index contributed by atoms with van der Waals surface area (Å²) in [6.07, 6.45) is 3.48. The maximum Gasteiger partial charge on any atom is 0.237 e. The molecule has 0 saturated carbocycles. The summed E-state index contributed by atoms with van der Waals surface area (Å²) < 4.78 is 13.3. The number of nitrogens with one attached hydrogen (secondary N) is 1. The maximum atomic E-state index is 6.41. The lowest BCUT2D eigenvalue weighted by molar-refractivity contribution is 0.0864. The highest BCUT2D eigenvalue weighted by atomic mass is 35.5. The summed E-state index contributed by atoms with van der Waals surface area (Å²) >= 11 is 6.41. The van der Waals surface area contributed by atoms with Gasteiger partial charge in [-0.3, -0.25) is 4.99 Å². The van der Waals surface area contributed by atoms with E-state index in [9.17, 15) is 0 Å². The van der Waals surface area contributed by atoms with E-state index in [0.717, 1.165) is 70.9 Å². The molecule has 2 aromatic carbocycles. The average Bonchev–Trinajstić information content (AvgIpc) is 2.93. The Hall–Kier alpha value is -3.94. The summed E-state index contributed by atoms with van der Waals surface area (Å²) in [5.74, 6) is 0.514. The molecule has 1 aliphatic carbocycles. The zero-order valence-corrected chi connectivity index (χ0v) is 21.2. The van der Waals surface area contributed by atoms with Crippen molar-refractivity contribution in [1.82, 2.24) is 14.5 Å². The number of para-hydroxylation sites is 2. The van der Waals surface area contributed by atoms with E-state index >= 15 is 0 Å². The fraction of sp³-hybridized carbons (Fsp3) is 0.207. The van der Waals surface area contributed by atoms with Crippen LogP contribution in [-0.4, -0.2) is 40.9 Å². The molecule has 186 valence electrons. The van der Waals surface area contributed by atoms with E-state index < -0.39 is 0 Å². The predicted molar refractivity (Wildman–Crippen MR) is 146 cm³/mol. The van der Waals surface area contributed by atoms with Gasteiger partial charge in [0.05, 0.1) is 46.6 Å². The van der Waals surface area contributed by atoms with Crippen molar-refractivity contribution in [1.29, 1.82) is 0 Å². The Kier molecular flexibility index (Phi) is 6.47. The van der Waals surface area contributed by atoms with Gasteiger partial charge in [0.1, 0.15) is 5.69 Å². The van der Waals surface area contributed by atoms with Crippen molar-refractivity contribution in [2.24, 2.45) is 4.99 Å². The summed E-state index contributed by atoms with van der Waals surface area (Å²) in [5, 5.41) is 5.03. The first kappa shape index (κ1) is 23.5. The van der Waals surface area contributed by atoms with Gasteiger partial charge in [0, 0.05) is 30.1 Å². The van der Waals surface area contributed by atoms with Crippen molar-refractivity contribution in [2.75, 3.05) is 25.6 Å². The second-order valence-electron chi connectivity index (χ2n) is 8.93. The lowest BCUT2D eigenvalue weighted by Gasteiger charge is -2.22. The minimum atomic E-state index is 0.176. The molecule has 0 spiro atoms. The first-order chi connectivity index (χ1) is 18.2. The number of fused-ring (bicyclic) bond motifs is 2. The van der Waals surface area contributed by atoms with E-state index in [1.807, 2.05) is 54.6 Å². The van der Waals surface area contributed by atoms with Crippen molar-refractivity contribution in [3.8, 4) is 23.0 Å². The van der Waals surface area contributed by atoms with Gasteiger partial charge in [-0.05, 0) is 67.4 Å². The monoisotopic (exact) mass is 511 g/mol. The van der Waals surface area contributed by atoms with Gasteiger partial charge in [0.2, 0.25) is 5.88 Å². The van der Waals surface area contributed by atoms with Crippen LogP contribution < -0.4 is 15.4 Å². The Labute approximate surface area is 219 Å². The average molecular weight is 512 g/mol. The van der Waals surface area contributed by atoms with Crippen LogP contribution in [0.15, 0.2) is 84.0 Å². The summed E-state index contributed by atoms with van der Waals surface area (Å²) in [7, 11) is 1.61. The molecule has 0 unspecified atom stereocenters. The van der Waals surface area contributed by atoms with Gasteiger partial charge in [-0.25, -0.2) is 9.97 Å². The fourth-order valence-corrected chi connectivity index (χ4v) is 4.93. The fourth-order valence-electron chi connectivity index (χ4n) is 4.75. The van der Waals surface area contributed by atoms with Crippen LogP contribution in [0.5, 0.6) is 5.88 Å². The van der Waals surface area contributed by atoms with Crippen molar-refractivity contribution in [3.05, 3.63) is 89.4 Å². The molecule has 3 heterocycles. The van der Waals surface area contributed by atoms with Crippen LogP contribution in [0.25, 0.3) is 28.1 Å². The number of nitrogens with zero attached hydrogens (tertiary/aromatic N) is 4. The molecular formula is C29H26ClN5O2. The first-order valence-electron chi connectivity index (χ1n) is 12.3. The molecule has 1 aromatic heterocycles. The van der Waals surface area contributed by atoms with Gasteiger partial charge < -0.3 is 19.4 Å². The molecule has 8 heteroatoms. The van der Waals surface area contributed by atoms with Crippen molar-refractivity contribution in [2.45, 2.75) is 18.9 Å². The number of hydrogen-bond donors (Lipinski definition) is 1. The lowest BCUT2D eigenvalue weighted by atomic mass is 10.1. The van der Waals surface area contributed by atoms with E-state index in [1.165, 1.54) is 0 Å². The van der Waals surface area contributed by atoms with Gasteiger partial charge in [-0.2, -0.15) is 0 Å². The summed E-state index contributed by atoms with van der Waals surface area (Å²) in [5.41, 5.74) is 6.20. The number of ether oxygens (including phenoxy) is 2. The number of aromatic nitrogens is 3. The van der Waals surface area contributed by atoms with Crippen LogP contribution in [0.3, 0.4) is 0 Å². The molecule has 6 rings (SSSR count). The number of halogens is 1. The quantitative estimate of drug-likeness (QED) is 0.292. The molecule has 1 N–H and O–H groups in total. The van der Waals surface area contributed by atoms with E-state index in [1.54, 1.807) is 13.3 Å². The lowest BCUT2D eigenvalue weighted by Crippen LogP contribution is -2.23. The van der Waals surface area contributed by atoms with Gasteiger partial charge in [0.25, 0.3) is 0 Å². The first-order valence-corrected chi connectivity index (χ1v) is 12.7.